The highest BCUT2D eigenvalue weighted by atomic mass is 32.2. The van der Waals surface area contributed by atoms with E-state index in [0.29, 0.717) is 31.1 Å². The van der Waals surface area contributed by atoms with Crippen LogP contribution in [0.3, 0.4) is 0 Å². The quantitative estimate of drug-likeness (QED) is 0.263. The third-order valence-corrected chi connectivity index (χ3v) is 7.97. The van der Waals surface area contributed by atoms with Gasteiger partial charge in [-0.05, 0) is 109 Å². The number of carbonyl (C=O) groups is 1. The van der Waals surface area contributed by atoms with Crippen molar-refractivity contribution in [1.29, 1.82) is 0 Å². The van der Waals surface area contributed by atoms with Gasteiger partial charge in [0.25, 0.3) is 0 Å². The Kier molecular flexibility index (Phi) is 9.92. The molecule has 0 spiro atoms. The highest BCUT2D eigenvalue weighted by Gasteiger charge is 2.30. The summed E-state index contributed by atoms with van der Waals surface area (Å²) in [6.07, 6.45) is 1.95. The van der Waals surface area contributed by atoms with Crippen molar-refractivity contribution >= 4 is 17.7 Å². The molecule has 0 saturated carbocycles. The normalized spacial score (nSPS) is 14.6. The van der Waals surface area contributed by atoms with Gasteiger partial charge in [-0.15, -0.1) is 0 Å². The van der Waals surface area contributed by atoms with E-state index in [0.717, 1.165) is 57.9 Å². The van der Waals surface area contributed by atoms with Gasteiger partial charge in [0.05, 0.1) is 6.61 Å². The van der Waals surface area contributed by atoms with Crippen LogP contribution in [0.25, 0.3) is 11.1 Å². The van der Waals surface area contributed by atoms with E-state index in [-0.39, 0.29) is 18.8 Å². The van der Waals surface area contributed by atoms with Crippen LogP contribution in [-0.4, -0.2) is 41.4 Å². The van der Waals surface area contributed by atoms with Crippen LogP contribution in [-0.2, 0) is 22.6 Å². The Bertz CT molecular complexity index is 1260. The molecule has 0 atom stereocenters. The molecule has 1 saturated heterocycles. The van der Waals surface area contributed by atoms with Crippen molar-refractivity contribution in [3.8, 4) is 22.6 Å². The molecule has 208 valence electrons. The molecule has 1 aliphatic heterocycles. The summed E-state index contributed by atoms with van der Waals surface area (Å²) >= 11 is 1.88. The molecule has 39 heavy (non-hydrogen) atoms. The zero-order chi connectivity index (χ0) is 27.8. The van der Waals surface area contributed by atoms with Crippen molar-refractivity contribution in [2.75, 3.05) is 24.7 Å². The highest BCUT2D eigenvalue weighted by molar-refractivity contribution is 7.99. The Hall–Kier alpha value is -3.03. The standard InChI is InChI=1S/C32H37FO5S/c1-4-36-30(34)11-9-25-8-10-27(19-29(25)33)37-20-24-6-5-7-26(18-24)31-22(2)16-28(17-23(31)3)38-21-32(35)12-14-39-15-13-32/h5-8,10,16-19,35H,4,9,11-15,20-21H2,1-3H3. The predicted molar refractivity (Wildman–Crippen MR) is 154 cm³/mol. The van der Waals surface area contributed by atoms with E-state index in [1.54, 1.807) is 19.1 Å². The molecule has 1 heterocycles. The van der Waals surface area contributed by atoms with Crippen molar-refractivity contribution < 1.29 is 28.5 Å². The Morgan fingerprint density at radius 3 is 2.44 bits per heavy atom. The van der Waals surface area contributed by atoms with Gasteiger partial charge in [0.1, 0.15) is 36.1 Å². The largest absolute Gasteiger partial charge is 0.491 e. The smallest absolute Gasteiger partial charge is 0.306 e. The molecule has 4 rings (SSSR count). The molecule has 1 N–H and O–H groups in total. The summed E-state index contributed by atoms with van der Waals surface area (Å²) in [5.74, 6) is 2.41. The summed E-state index contributed by atoms with van der Waals surface area (Å²) in [7, 11) is 0. The monoisotopic (exact) mass is 552 g/mol. The van der Waals surface area contributed by atoms with Crippen LogP contribution in [0.1, 0.15) is 48.4 Å². The fourth-order valence-electron chi connectivity index (χ4n) is 4.85. The first-order valence-electron chi connectivity index (χ1n) is 13.5. The number of thioether (sulfide) groups is 1. The van der Waals surface area contributed by atoms with E-state index in [2.05, 4.69) is 26.0 Å². The zero-order valence-corrected chi connectivity index (χ0v) is 23.7. The molecule has 0 unspecified atom stereocenters. The average molecular weight is 553 g/mol. The molecule has 1 fully saturated rings. The fraction of sp³-hybridized carbons (Fsp3) is 0.406. The minimum absolute atomic E-state index is 0.144. The molecular formula is C32H37FO5S. The third-order valence-electron chi connectivity index (χ3n) is 6.99. The molecule has 0 amide bonds. The van der Waals surface area contributed by atoms with Crippen LogP contribution in [0.4, 0.5) is 4.39 Å². The number of carbonyl (C=O) groups excluding carboxylic acids is 1. The summed E-state index contributed by atoms with van der Waals surface area (Å²) in [5, 5.41) is 10.8. The average Bonchev–Trinajstić information content (AvgIpc) is 2.91. The van der Waals surface area contributed by atoms with Crippen molar-refractivity contribution in [3.05, 3.63) is 82.7 Å². The number of benzene rings is 3. The summed E-state index contributed by atoms with van der Waals surface area (Å²) < 4.78 is 31.4. The maximum atomic E-state index is 14.5. The molecule has 0 aromatic heterocycles. The van der Waals surface area contributed by atoms with Gasteiger partial charge in [-0.2, -0.15) is 11.8 Å². The number of hydrogen-bond donors (Lipinski definition) is 1. The van der Waals surface area contributed by atoms with E-state index in [9.17, 15) is 14.3 Å². The van der Waals surface area contributed by atoms with Crippen molar-refractivity contribution in [2.45, 2.75) is 58.7 Å². The van der Waals surface area contributed by atoms with E-state index in [4.69, 9.17) is 14.2 Å². The van der Waals surface area contributed by atoms with Gasteiger partial charge < -0.3 is 19.3 Å². The van der Waals surface area contributed by atoms with Gasteiger partial charge in [-0.25, -0.2) is 4.39 Å². The van der Waals surface area contributed by atoms with Gasteiger partial charge in [-0.1, -0.05) is 24.3 Å². The maximum absolute atomic E-state index is 14.5. The van der Waals surface area contributed by atoms with E-state index >= 15 is 0 Å². The lowest BCUT2D eigenvalue weighted by atomic mass is 9.94. The second-order valence-electron chi connectivity index (χ2n) is 10.1. The van der Waals surface area contributed by atoms with Gasteiger partial charge in [-0.3, -0.25) is 4.79 Å². The Morgan fingerprint density at radius 2 is 1.74 bits per heavy atom. The topological polar surface area (TPSA) is 65.0 Å². The molecule has 0 bridgehead atoms. The molecule has 3 aromatic rings. The first-order chi connectivity index (χ1) is 18.8. The molecule has 3 aromatic carbocycles. The van der Waals surface area contributed by atoms with E-state index in [1.165, 1.54) is 6.07 Å². The van der Waals surface area contributed by atoms with Crippen LogP contribution in [0.15, 0.2) is 54.6 Å². The van der Waals surface area contributed by atoms with Crippen molar-refractivity contribution in [2.24, 2.45) is 0 Å². The van der Waals surface area contributed by atoms with Gasteiger partial charge in [0, 0.05) is 12.5 Å². The summed E-state index contributed by atoms with van der Waals surface area (Å²) in [4.78, 5) is 11.6. The number of esters is 1. The fourth-order valence-corrected chi connectivity index (χ4v) is 6.10. The molecular weight excluding hydrogens is 515 g/mol. The first kappa shape index (κ1) is 29.0. The maximum Gasteiger partial charge on any atom is 0.306 e. The van der Waals surface area contributed by atoms with Crippen LogP contribution in [0, 0.1) is 19.7 Å². The number of ether oxygens (including phenoxy) is 3. The number of aryl methyl sites for hydroxylation is 3. The molecule has 5 nitrogen and oxygen atoms in total. The molecule has 0 aliphatic carbocycles. The van der Waals surface area contributed by atoms with Gasteiger partial charge in [0.2, 0.25) is 0 Å². The number of halogens is 1. The van der Waals surface area contributed by atoms with Crippen LogP contribution in [0.2, 0.25) is 0 Å². The Balaban J connectivity index is 1.39. The van der Waals surface area contributed by atoms with Crippen LogP contribution in [0.5, 0.6) is 11.5 Å². The van der Waals surface area contributed by atoms with Crippen LogP contribution >= 0.6 is 11.8 Å². The molecule has 1 aliphatic rings. The van der Waals surface area contributed by atoms with E-state index < -0.39 is 11.4 Å². The van der Waals surface area contributed by atoms with Crippen molar-refractivity contribution in [1.82, 2.24) is 0 Å². The molecule has 0 radical (unpaired) electrons. The second-order valence-corrected chi connectivity index (χ2v) is 11.3. The SMILES string of the molecule is CCOC(=O)CCc1ccc(OCc2cccc(-c3c(C)cc(OCC4(O)CCSCC4)cc3C)c2)cc1F. The Morgan fingerprint density at radius 1 is 1.00 bits per heavy atom. The predicted octanol–water partition coefficient (Wildman–Crippen LogP) is 6.82. The minimum atomic E-state index is -0.744. The summed E-state index contributed by atoms with van der Waals surface area (Å²) in [5.41, 5.74) is 5.07. The molecule has 7 heteroatoms. The minimum Gasteiger partial charge on any atom is -0.491 e. The lowest BCUT2D eigenvalue weighted by Gasteiger charge is -2.31. The first-order valence-corrected chi connectivity index (χ1v) is 14.6. The summed E-state index contributed by atoms with van der Waals surface area (Å²) in [6, 6.07) is 16.9. The van der Waals surface area contributed by atoms with Gasteiger partial charge in [0.15, 0.2) is 0 Å². The number of rotatable bonds is 11. The van der Waals surface area contributed by atoms with E-state index in [1.807, 2.05) is 36.0 Å². The van der Waals surface area contributed by atoms with Crippen LogP contribution < -0.4 is 9.47 Å². The second kappa shape index (κ2) is 13.4. The summed E-state index contributed by atoms with van der Waals surface area (Å²) in [6.45, 7) is 6.81. The number of aliphatic hydroxyl groups is 1. The Labute approximate surface area is 234 Å². The van der Waals surface area contributed by atoms with Crippen molar-refractivity contribution in [3.63, 3.8) is 0 Å². The lowest BCUT2D eigenvalue weighted by Crippen LogP contribution is -2.39. The zero-order valence-electron chi connectivity index (χ0n) is 22.9. The van der Waals surface area contributed by atoms with Gasteiger partial charge >= 0.3 is 5.97 Å². The lowest BCUT2D eigenvalue weighted by molar-refractivity contribution is -0.143. The third kappa shape index (κ3) is 7.99. The highest BCUT2D eigenvalue weighted by Crippen LogP contribution is 2.33. The number of hydrogen-bond acceptors (Lipinski definition) is 6.